The summed E-state index contributed by atoms with van der Waals surface area (Å²) in [7, 11) is 0. The fourth-order valence-corrected chi connectivity index (χ4v) is 2.33. The van der Waals surface area contributed by atoms with Crippen LogP contribution in [0.2, 0.25) is 0 Å². The van der Waals surface area contributed by atoms with Gasteiger partial charge in [0.05, 0.1) is 12.2 Å². The van der Waals surface area contributed by atoms with E-state index in [1.165, 1.54) is 0 Å². The van der Waals surface area contributed by atoms with Crippen molar-refractivity contribution in [2.24, 2.45) is 5.92 Å². The number of aryl methyl sites for hydroxylation is 1. The van der Waals surface area contributed by atoms with Gasteiger partial charge in [-0.2, -0.15) is 0 Å². The third-order valence-corrected chi connectivity index (χ3v) is 3.75. The van der Waals surface area contributed by atoms with Gasteiger partial charge < -0.3 is 4.90 Å². The Balaban J connectivity index is 2.00. The second-order valence-corrected chi connectivity index (χ2v) is 4.97. The summed E-state index contributed by atoms with van der Waals surface area (Å²) in [6.07, 6.45) is 2.51. The molecule has 16 heavy (non-hydrogen) atoms. The van der Waals surface area contributed by atoms with Gasteiger partial charge in [-0.3, -0.25) is 9.78 Å². The third kappa shape index (κ3) is 2.61. The number of nitrogens with zero attached hydrogens (tertiary/aromatic N) is 2. The zero-order valence-electron chi connectivity index (χ0n) is 9.32. The van der Waals surface area contributed by atoms with E-state index in [2.05, 4.69) is 20.9 Å². The van der Waals surface area contributed by atoms with Crippen molar-refractivity contribution < 1.29 is 4.79 Å². The SMILES string of the molecule is Cc1ccc(CN2CC(CBr)CC2=O)nc1. The molecule has 1 saturated heterocycles. The standard InChI is InChI=1S/C12H15BrN2O/c1-9-2-3-11(14-6-9)8-15-7-10(5-13)4-12(15)16/h2-3,6,10H,4-5,7-8H2,1H3. The smallest absolute Gasteiger partial charge is 0.223 e. The summed E-state index contributed by atoms with van der Waals surface area (Å²) in [5, 5.41) is 0.899. The lowest BCUT2D eigenvalue weighted by molar-refractivity contribution is -0.128. The lowest BCUT2D eigenvalue weighted by Crippen LogP contribution is -2.25. The van der Waals surface area contributed by atoms with E-state index < -0.39 is 0 Å². The maximum atomic E-state index is 11.7. The lowest BCUT2D eigenvalue weighted by Gasteiger charge is -2.15. The van der Waals surface area contributed by atoms with Crippen molar-refractivity contribution in [1.29, 1.82) is 0 Å². The van der Waals surface area contributed by atoms with Crippen LogP contribution in [0.1, 0.15) is 17.7 Å². The zero-order valence-corrected chi connectivity index (χ0v) is 10.9. The molecule has 1 unspecified atom stereocenters. The maximum Gasteiger partial charge on any atom is 0.223 e. The van der Waals surface area contributed by atoms with Crippen LogP contribution in [0, 0.1) is 12.8 Å². The van der Waals surface area contributed by atoms with Crippen molar-refractivity contribution >= 4 is 21.8 Å². The van der Waals surface area contributed by atoms with Crippen LogP contribution in [0.4, 0.5) is 0 Å². The number of carbonyl (C=O) groups is 1. The van der Waals surface area contributed by atoms with E-state index in [1.807, 2.05) is 30.2 Å². The molecule has 1 aliphatic heterocycles. The number of hydrogen-bond acceptors (Lipinski definition) is 2. The molecule has 1 fully saturated rings. The number of rotatable bonds is 3. The molecule has 0 aromatic carbocycles. The largest absolute Gasteiger partial charge is 0.336 e. The van der Waals surface area contributed by atoms with Gasteiger partial charge in [-0.25, -0.2) is 0 Å². The highest BCUT2D eigenvalue weighted by atomic mass is 79.9. The van der Waals surface area contributed by atoms with E-state index in [1.54, 1.807) is 0 Å². The van der Waals surface area contributed by atoms with Gasteiger partial charge in [-0.05, 0) is 24.5 Å². The third-order valence-electron chi connectivity index (χ3n) is 2.84. The molecule has 4 heteroatoms. The minimum Gasteiger partial charge on any atom is -0.336 e. The molecule has 0 spiro atoms. The van der Waals surface area contributed by atoms with Crippen LogP contribution in [0.3, 0.4) is 0 Å². The molecule has 1 atom stereocenters. The van der Waals surface area contributed by atoms with Gasteiger partial charge in [-0.15, -0.1) is 0 Å². The van der Waals surface area contributed by atoms with E-state index in [4.69, 9.17) is 0 Å². The van der Waals surface area contributed by atoms with E-state index in [-0.39, 0.29) is 5.91 Å². The van der Waals surface area contributed by atoms with Crippen LogP contribution in [0.5, 0.6) is 0 Å². The van der Waals surface area contributed by atoms with Crippen molar-refractivity contribution in [1.82, 2.24) is 9.88 Å². The predicted molar refractivity (Wildman–Crippen MR) is 66.3 cm³/mol. The van der Waals surface area contributed by atoms with E-state index in [0.29, 0.717) is 18.9 Å². The molecular formula is C12H15BrN2O. The van der Waals surface area contributed by atoms with Gasteiger partial charge in [0.1, 0.15) is 0 Å². The van der Waals surface area contributed by atoms with Crippen molar-refractivity contribution in [2.45, 2.75) is 19.9 Å². The predicted octanol–water partition coefficient (Wildman–Crippen LogP) is 2.13. The van der Waals surface area contributed by atoms with Crippen LogP contribution in [0.25, 0.3) is 0 Å². The van der Waals surface area contributed by atoms with Gasteiger partial charge in [0, 0.05) is 24.5 Å². The molecule has 0 N–H and O–H groups in total. The van der Waals surface area contributed by atoms with Gasteiger partial charge >= 0.3 is 0 Å². The number of aromatic nitrogens is 1. The molecule has 1 aliphatic rings. The fraction of sp³-hybridized carbons (Fsp3) is 0.500. The van der Waals surface area contributed by atoms with Gasteiger partial charge in [0.2, 0.25) is 5.91 Å². The average Bonchev–Trinajstić information content (AvgIpc) is 2.63. The number of halogens is 1. The molecule has 0 bridgehead atoms. The van der Waals surface area contributed by atoms with E-state index >= 15 is 0 Å². The molecule has 0 aliphatic carbocycles. The maximum absolute atomic E-state index is 11.7. The first-order valence-electron chi connectivity index (χ1n) is 5.44. The van der Waals surface area contributed by atoms with Gasteiger partial charge in [-0.1, -0.05) is 22.0 Å². The Morgan fingerprint density at radius 2 is 2.38 bits per heavy atom. The lowest BCUT2D eigenvalue weighted by atomic mass is 10.2. The number of likely N-dealkylation sites (tertiary alicyclic amines) is 1. The Labute approximate surface area is 104 Å². The summed E-state index contributed by atoms with van der Waals surface area (Å²) < 4.78 is 0. The molecule has 1 amide bonds. The molecule has 2 rings (SSSR count). The van der Waals surface area contributed by atoms with E-state index in [9.17, 15) is 4.79 Å². The Morgan fingerprint density at radius 3 is 2.94 bits per heavy atom. The topological polar surface area (TPSA) is 33.2 Å². The number of alkyl halides is 1. The Hall–Kier alpha value is -0.900. The highest BCUT2D eigenvalue weighted by molar-refractivity contribution is 9.09. The molecule has 1 aromatic heterocycles. The van der Waals surface area contributed by atoms with Crippen LogP contribution >= 0.6 is 15.9 Å². The molecule has 1 aromatic rings. The van der Waals surface area contributed by atoms with Crippen LogP contribution in [-0.2, 0) is 11.3 Å². The van der Waals surface area contributed by atoms with E-state index in [0.717, 1.165) is 23.1 Å². The second-order valence-electron chi connectivity index (χ2n) is 4.33. The summed E-state index contributed by atoms with van der Waals surface area (Å²) in [6, 6.07) is 4.02. The second kappa shape index (κ2) is 4.95. The van der Waals surface area contributed by atoms with Crippen LogP contribution in [0.15, 0.2) is 18.3 Å². The highest BCUT2D eigenvalue weighted by Crippen LogP contribution is 2.21. The molecule has 3 nitrogen and oxygen atoms in total. The van der Waals surface area contributed by atoms with Crippen molar-refractivity contribution in [3.63, 3.8) is 0 Å². The number of carbonyl (C=O) groups excluding carboxylic acids is 1. The molecule has 86 valence electrons. The zero-order chi connectivity index (χ0) is 11.5. The summed E-state index contributed by atoms with van der Waals surface area (Å²) in [5.74, 6) is 0.699. The number of pyridine rings is 1. The summed E-state index contributed by atoms with van der Waals surface area (Å²) in [6.45, 7) is 3.50. The molecule has 0 radical (unpaired) electrons. The van der Waals surface area contributed by atoms with Crippen molar-refractivity contribution in [3.05, 3.63) is 29.6 Å². The minimum atomic E-state index is 0.242. The van der Waals surface area contributed by atoms with Crippen molar-refractivity contribution in [2.75, 3.05) is 11.9 Å². The fourth-order valence-electron chi connectivity index (χ4n) is 1.90. The quantitative estimate of drug-likeness (QED) is 0.796. The summed E-state index contributed by atoms with van der Waals surface area (Å²) in [5.41, 5.74) is 2.11. The normalized spacial score (nSPS) is 20.5. The average molecular weight is 283 g/mol. The molecule has 0 saturated carbocycles. The first kappa shape index (κ1) is 11.6. The van der Waals surface area contributed by atoms with Gasteiger partial charge in [0.15, 0.2) is 0 Å². The Bertz CT molecular complexity index is 377. The van der Waals surface area contributed by atoms with Crippen LogP contribution < -0.4 is 0 Å². The number of hydrogen-bond donors (Lipinski definition) is 0. The summed E-state index contributed by atoms with van der Waals surface area (Å²) in [4.78, 5) is 17.9. The first-order valence-corrected chi connectivity index (χ1v) is 6.56. The molecule has 2 heterocycles. The number of amides is 1. The monoisotopic (exact) mass is 282 g/mol. The summed E-state index contributed by atoms with van der Waals surface area (Å²) >= 11 is 3.43. The minimum absolute atomic E-state index is 0.242. The Kier molecular flexibility index (Phi) is 3.59. The Morgan fingerprint density at radius 1 is 1.56 bits per heavy atom. The van der Waals surface area contributed by atoms with Gasteiger partial charge in [0.25, 0.3) is 0 Å². The molecular weight excluding hydrogens is 268 g/mol. The first-order chi connectivity index (χ1) is 7.69. The van der Waals surface area contributed by atoms with Crippen LogP contribution in [-0.4, -0.2) is 27.7 Å². The van der Waals surface area contributed by atoms with Crippen molar-refractivity contribution in [3.8, 4) is 0 Å². The highest BCUT2D eigenvalue weighted by Gasteiger charge is 2.28.